The third-order valence-corrected chi connectivity index (χ3v) is 4.36. The first-order valence-electron chi connectivity index (χ1n) is 6.51. The number of fused-ring (bicyclic) bond motifs is 1. The standard InChI is InChI=1S/C14H20BrNO2S/c1-10(9-19-2)16-8-11-6-12(15)14-13(7-11)17-4-3-5-18-14/h6-7,10,16H,3-5,8-9H2,1-2H3. The lowest BCUT2D eigenvalue weighted by molar-refractivity contribution is 0.296. The summed E-state index contributed by atoms with van der Waals surface area (Å²) in [5.41, 5.74) is 1.21. The molecule has 0 aliphatic carbocycles. The highest BCUT2D eigenvalue weighted by molar-refractivity contribution is 9.10. The van der Waals surface area contributed by atoms with Gasteiger partial charge in [-0.1, -0.05) is 0 Å². The molecule has 0 bridgehead atoms. The minimum Gasteiger partial charge on any atom is -0.490 e. The second-order valence-corrected chi connectivity index (χ2v) is 6.46. The van der Waals surface area contributed by atoms with Crippen LogP contribution in [-0.4, -0.2) is 31.3 Å². The number of thioether (sulfide) groups is 1. The Kier molecular flexibility index (Phi) is 5.85. The van der Waals surface area contributed by atoms with E-state index in [0.717, 1.165) is 41.3 Å². The van der Waals surface area contributed by atoms with E-state index in [4.69, 9.17) is 9.47 Å². The number of hydrogen-bond acceptors (Lipinski definition) is 4. The Hall–Kier alpha value is -0.390. The summed E-state index contributed by atoms with van der Waals surface area (Å²) in [4.78, 5) is 0. The van der Waals surface area contributed by atoms with Gasteiger partial charge >= 0.3 is 0 Å². The molecule has 1 aliphatic heterocycles. The van der Waals surface area contributed by atoms with Crippen LogP contribution in [0.3, 0.4) is 0 Å². The van der Waals surface area contributed by atoms with Gasteiger partial charge in [0.25, 0.3) is 0 Å². The van der Waals surface area contributed by atoms with Gasteiger partial charge in [-0.3, -0.25) is 0 Å². The summed E-state index contributed by atoms with van der Waals surface area (Å²) in [7, 11) is 0. The van der Waals surface area contributed by atoms with Gasteiger partial charge in [0, 0.05) is 24.8 Å². The maximum absolute atomic E-state index is 5.74. The van der Waals surface area contributed by atoms with Crippen molar-refractivity contribution in [2.75, 3.05) is 25.2 Å². The Bertz CT molecular complexity index is 428. The molecule has 0 saturated carbocycles. The summed E-state index contributed by atoms with van der Waals surface area (Å²) in [6, 6.07) is 4.68. The van der Waals surface area contributed by atoms with Crippen LogP contribution in [0.4, 0.5) is 0 Å². The van der Waals surface area contributed by atoms with Gasteiger partial charge in [0.05, 0.1) is 17.7 Å². The van der Waals surface area contributed by atoms with Crippen molar-refractivity contribution in [3.8, 4) is 11.5 Å². The molecule has 0 radical (unpaired) electrons. The SMILES string of the molecule is CSCC(C)NCc1cc(Br)c2c(c1)OCCCO2. The smallest absolute Gasteiger partial charge is 0.175 e. The van der Waals surface area contributed by atoms with Crippen LogP contribution in [0.15, 0.2) is 16.6 Å². The number of hydrogen-bond donors (Lipinski definition) is 1. The molecule has 106 valence electrons. The van der Waals surface area contributed by atoms with E-state index in [1.165, 1.54) is 5.56 Å². The molecule has 1 aromatic carbocycles. The molecule has 3 nitrogen and oxygen atoms in total. The van der Waals surface area contributed by atoms with Gasteiger partial charge in [-0.2, -0.15) is 11.8 Å². The van der Waals surface area contributed by atoms with Gasteiger partial charge in [0.15, 0.2) is 11.5 Å². The average Bonchev–Trinajstić information content (AvgIpc) is 2.62. The van der Waals surface area contributed by atoms with E-state index in [9.17, 15) is 0 Å². The van der Waals surface area contributed by atoms with Crippen LogP contribution >= 0.6 is 27.7 Å². The number of benzene rings is 1. The Morgan fingerprint density at radius 1 is 1.37 bits per heavy atom. The van der Waals surface area contributed by atoms with E-state index in [-0.39, 0.29) is 0 Å². The molecule has 1 N–H and O–H groups in total. The normalized spacial score (nSPS) is 15.9. The minimum atomic E-state index is 0.504. The first-order valence-corrected chi connectivity index (χ1v) is 8.69. The fraction of sp³-hybridized carbons (Fsp3) is 0.571. The summed E-state index contributed by atoms with van der Waals surface area (Å²) >= 11 is 5.43. The predicted molar refractivity (Wildman–Crippen MR) is 84.4 cm³/mol. The van der Waals surface area contributed by atoms with Gasteiger partial charge in [-0.15, -0.1) is 0 Å². The Morgan fingerprint density at radius 3 is 2.95 bits per heavy atom. The number of ether oxygens (including phenoxy) is 2. The van der Waals surface area contributed by atoms with Gasteiger partial charge in [-0.25, -0.2) is 0 Å². The van der Waals surface area contributed by atoms with Crippen molar-refractivity contribution in [3.63, 3.8) is 0 Å². The van der Waals surface area contributed by atoms with Crippen LogP contribution < -0.4 is 14.8 Å². The van der Waals surface area contributed by atoms with E-state index in [2.05, 4.69) is 46.6 Å². The summed E-state index contributed by atoms with van der Waals surface area (Å²) in [5, 5.41) is 3.51. The van der Waals surface area contributed by atoms with E-state index < -0.39 is 0 Å². The molecule has 0 spiro atoms. The Morgan fingerprint density at radius 2 is 2.16 bits per heavy atom. The van der Waals surface area contributed by atoms with Crippen molar-refractivity contribution in [1.82, 2.24) is 5.32 Å². The molecule has 1 unspecified atom stereocenters. The van der Waals surface area contributed by atoms with Gasteiger partial charge in [-0.05, 0) is 46.8 Å². The van der Waals surface area contributed by atoms with Crippen LogP contribution in [-0.2, 0) is 6.54 Å². The van der Waals surface area contributed by atoms with Crippen LogP contribution in [0.1, 0.15) is 18.9 Å². The van der Waals surface area contributed by atoms with E-state index in [1.807, 2.05) is 11.8 Å². The first kappa shape index (κ1) is 15.0. The quantitative estimate of drug-likeness (QED) is 0.885. The lowest BCUT2D eigenvalue weighted by Gasteiger charge is -2.15. The molecule has 1 aliphatic rings. The lowest BCUT2D eigenvalue weighted by Crippen LogP contribution is -2.27. The monoisotopic (exact) mass is 345 g/mol. The van der Waals surface area contributed by atoms with E-state index >= 15 is 0 Å². The van der Waals surface area contributed by atoms with Crippen LogP contribution in [0.5, 0.6) is 11.5 Å². The van der Waals surface area contributed by atoms with Gasteiger partial charge < -0.3 is 14.8 Å². The highest BCUT2D eigenvalue weighted by Gasteiger charge is 2.15. The lowest BCUT2D eigenvalue weighted by atomic mass is 10.2. The largest absolute Gasteiger partial charge is 0.490 e. The number of rotatable bonds is 5. The fourth-order valence-corrected chi connectivity index (χ4v) is 3.21. The Balaban J connectivity index is 2.06. The molecule has 19 heavy (non-hydrogen) atoms. The van der Waals surface area contributed by atoms with Gasteiger partial charge in [0.2, 0.25) is 0 Å². The minimum absolute atomic E-state index is 0.504. The van der Waals surface area contributed by atoms with Crippen LogP contribution in [0, 0.1) is 0 Å². The van der Waals surface area contributed by atoms with Gasteiger partial charge in [0.1, 0.15) is 0 Å². The maximum Gasteiger partial charge on any atom is 0.175 e. The topological polar surface area (TPSA) is 30.5 Å². The van der Waals surface area contributed by atoms with Crippen molar-refractivity contribution < 1.29 is 9.47 Å². The van der Waals surface area contributed by atoms with Crippen molar-refractivity contribution in [1.29, 1.82) is 0 Å². The molecule has 0 fully saturated rings. The third-order valence-electron chi connectivity index (χ3n) is 2.93. The molecule has 5 heteroatoms. The van der Waals surface area contributed by atoms with E-state index in [0.29, 0.717) is 12.6 Å². The zero-order valence-electron chi connectivity index (χ0n) is 11.4. The van der Waals surface area contributed by atoms with Crippen LogP contribution in [0.2, 0.25) is 0 Å². The molecule has 1 aromatic rings. The summed E-state index contributed by atoms with van der Waals surface area (Å²) < 4.78 is 12.4. The molecule has 0 aromatic heterocycles. The summed E-state index contributed by atoms with van der Waals surface area (Å²) in [5.74, 6) is 2.80. The fourth-order valence-electron chi connectivity index (χ4n) is 1.99. The molecule has 0 amide bonds. The molecular formula is C14H20BrNO2S. The van der Waals surface area contributed by atoms with Crippen LogP contribution in [0.25, 0.3) is 0 Å². The highest BCUT2D eigenvalue weighted by Crippen LogP contribution is 2.38. The molecule has 0 saturated heterocycles. The number of nitrogens with one attached hydrogen (secondary N) is 1. The average molecular weight is 346 g/mol. The zero-order valence-corrected chi connectivity index (χ0v) is 13.8. The molecule has 1 atom stereocenters. The molecular weight excluding hydrogens is 326 g/mol. The van der Waals surface area contributed by atoms with Crippen molar-refractivity contribution in [2.45, 2.75) is 25.9 Å². The van der Waals surface area contributed by atoms with Crippen molar-refractivity contribution in [2.24, 2.45) is 0 Å². The summed E-state index contributed by atoms with van der Waals surface area (Å²) in [6.07, 6.45) is 3.06. The molecule has 1 heterocycles. The Labute approximate surface area is 127 Å². The number of halogens is 1. The van der Waals surface area contributed by atoms with E-state index in [1.54, 1.807) is 0 Å². The third kappa shape index (κ3) is 4.29. The molecule has 2 rings (SSSR count). The first-order chi connectivity index (χ1) is 9.20. The summed E-state index contributed by atoms with van der Waals surface area (Å²) in [6.45, 7) is 4.48. The second-order valence-electron chi connectivity index (χ2n) is 4.69. The highest BCUT2D eigenvalue weighted by atomic mass is 79.9. The van der Waals surface area contributed by atoms with Crippen molar-refractivity contribution >= 4 is 27.7 Å². The maximum atomic E-state index is 5.74. The predicted octanol–water partition coefficient (Wildman–Crippen LogP) is 3.45. The van der Waals surface area contributed by atoms with Crippen molar-refractivity contribution in [3.05, 3.63) is 22.2 Å². The second kappa shape index (κ2) is 7.41. The zero-order chi connectivity index (χ0) is 13.7.